The number of hydrogen-bond acceptors (Lipinski definition) is 8. The number of carbonyl (C=O) groups excluding carboxylic acids is 3. The molecule has 12 rings (SSSR count). The van der Waals surface area contributed by atoms with E-state index in [2.05, 4.69) is 13.2 Å². The quantitative estimate of drug-likeness (QED) is 0.113. The molecule has 12 aliphatic carbocycles. The van der Waals surface area contributed by atoms with Gasteiger partial charge in [-0.05, 0) is 177 Å². The zero-order chi connectivity index (χ0) is 35.9. The molecule has 12 aliphatic rings. The first-order valence-corrected chi connectivity index (χ1v) is 19.2. The maximum absolute atomic E-state index is 11.8. The van der Waals surface area contributed by atoms with Gasteiger partial charge in [-0.3, -0.25) is 9.59 Å². The van der Waals surface area contributed by atoms with Crippen LogP contribution in [0, 0.1) is 60.7 Å². The van der Waals surface area contributed by atoms with Crippen molar-refractivity contribution in [2.45, 2.75) is 152 Å². The zero-order valence-corrected chi connectivity index (χ0v) is 35.0. The van der Waals surface area contributed by atoms with E-state index in [9.17, 15) is 34.8 Å². The molecule has 8 nitrogen and oxygen atoms in total. The topological polar surface area (TPSA) is 141 Å². The van der Waals surface area contributed by atoms with Crippen LogP contribution in [0.2, 0.25) is 0 Å². The summed E-state index contributed by atoms with van der Waals surface area (Å²) < 4.78 is 5.76. The van der Waals surface area contributed by atoms with Crippen molar-refractivity contribution in [3.05, 3.63) is 31.7 Å². The van der Waals surface area contributed by atoms with Crippen LogP contribution in [0.25, 0.3) is 0 Å². The molecule has 0 aliphatic heterocycles. The van der Waals surface area contributed by atoms with E-state index in [1.807, 2.05) is 13.8 Å². The van der Waals surface area contributed by atoms with Crippen molar-refractivity contribution in [3.8, 4) is 0 Å². The number of ether oxygens (including phenoxy) is 1. The number of Topliss-reactive ketones (excluding diaryl/α,β-unsaturated/α-hetero) is 1. The summed E-state index contributed by atoms with van der Waals surface area (Å²) >= 11 is 4.87. The molecule has 4 N–H and O–H groups in total. The zero-order valence-electron chi connectivity index (χ0n) is 32.1. The molecule has 6 atom stereocenters. The van der Waals surface area contributed by atoms with Gasteiger partial charge in [-0.25, -0.2) is 4.79 Å². The van der Waals surface area contributed by atoms with Gasteiger partial charge in [-0.2, -0.15) is 0 Å². The maximum atomic E-state index is 11.8. The summed E-state index contributed by atoms with van der Waals surface area (Å²) in [7, 11) is 0. The molecule has 6 unspecified atom stereocenters. The van der Waals surface area contributed by atoms with Crippen LogP contribution in [-0.4, -0.2) is 88.5 Å². The molecular weight excluding hydrogens is 716 g/mol. The van der Waals surface area contributed by atoms with Crippen LogP contribution in [0.4, 0.5) is 0 Å². The summed E-state index contributed by atoms with van der Waals surface area (Å²) in [6, 6.07) is 0. The molecule has 0 aromatic carbocycles. The second kappa shape index (κ2) is 16.1. The van der Waals surface area contributed by atoms with Gasteiger partial charge in [-0.1, -0.05) is 13.2 Å². The molecular formula is C41H62Cl2MgO8. The van der Waals surface area contributed by atoms with E-state index in [-0.39, 0.29) is 66.3 Å². The fraction of sp³-hybridized carbons (Fsp3) is 0.805. The van der Waals surface area contributed by atoms with E-state index in [1.54, 1.807) is 13.8 Å². The predicted octanol–water partition coefficient (Wildman–Crippen LogP) is 3.27. The number of allylic oxidation sites excluding steroid dienone is 1. The Morgan fingerprint density at radius 3 is 1.35 bits per heavy atom. The van der Waals surface area contributed by atoms with Crippen molar-refractivity contribution in [1.29, 1.82) is 0 Å². The average molecular weight is 778 g/mol. The molecule has 52 heavy (non-hydrogen) atoms. The van der Waals surface area contributed by atoms with Crippen LogP contribution in [0.1, 0.15) is 124 Å². The third kappa shape index (κ3) is 9.03. The Kier molecular flexibility index (Phi) is 14.2. The minimum absolute atomic E-state index is 0. The minimum atomic E-state index is -0.559. The third-order valence-corrected chi connectivity index (χ3v) is 14.9. The second-order valence-electron chi connectivity index (χ2n) is 18.7. The van der Waals surface area contributed by atoms with Crippen LogP contribution < -0.4 is 12.4 Å². The summed E-state index contributed by atoms with van der Waals surface area (Å²) in [5.74, 6) is 3.93. The molecule has 12 bridgehead atoms. The first-order chi connectivity index (χ1) is 22.6. The smallest absolute Gasteiger partial charge is 1.00 e. The number of esters is 1. The van der Waals surface area contributed by atoms with E-state index in [0.29, 0.717) is 58.4 Å². The van der Waals surface area contributed by atoms with Gasteiger partial charge in [0.25, 0.3) is 0 Å². The normalized spacial score (nSPS) is 47.0. The average Bonchev–Trinajstić information content (AvgIpc) is 2.96. The van der Waals surface area contributed by atoms with Crippen LogP contribution >= 0.6 is 11.6 Å². The molecule has 0 radical (unpaired) electrons. The number of rotatable bonds is 3. The van der Waals surface area contributed by atoms with Crippen molar-refractivity contribution in [2.75, 3.05) is 0 Å². The predicted molar refractivity (Wildman–Crippen MR) is 198 cm³/mol. The number of halogens is 2. The van der Waals surface area contributed by atoms with Gasteiger partial charge >= 0.3 is 29.0 Å². The Morgan fingerprint density at radius 1 is 0.654 bits per heavy atom. The molecule has 0 heterocycles. The molecule has 12 fully saturated rings. The van der Waals surface area contributed by atoms with Gasteiger partial charge < -0.3 is 45.0 Å². The van der Waals surface area contributed by atoms with E-state index < -0.39 is 27.6 Å². The van der Waals surface area contributed by atoms with Crippen LogP contribution in [0.5, 0.6) is 0 Å². The largest absolute Gasteiger partial charge is 2.00 e. The first kappa shape index (κ1) is 45.9. The fourth-order valence-electron chi connectivity index (χ4n) is 12.4. The molecule has 0 amide bonds. The summed E-state index contributed by atoms with van der Waals surface area (Å²) in [6.45, 7) is 14.1. The SMILES string of the molecule is C=C(C)C(=O)Cl.C=C(C)C(=O)OC12CC3CC(C1)C(C)(O)C(C3)C2.CC1(O)C2CC3CC1CC(O)(C3)C2.O=C1C2CC3CC1CC(O)(C3)C2.[CH3-].[Cl-].[Mg+2]. The monoisotopic (exact) mass is 776 g/mol. The molecule has 0 spiro atoms. The molecule has 11 heteroatoms. The second-order valence-corrected chi connectivity index (χ2v) is 19.1. The Morgan fingerprint density at radius 2 is 1.00 bits per heavy atom. The number of hydrogen-bond donors (Lipinski definition) is 4. The van der Waals surface area contributed by atoms with Gasteiger partial charge in [0.1, 0.15) is 11.4 Å². The van der Waals surface area contributed by atoms with E-state index >= 15 is 0 Å². The van der Waals surface area contributed by atoms with Crippen molar-refractivity contribution in [2.24, 2.45) is 53.3 Å². The number of ketones is 1. The summed E-state index contributed by atoms with van der Waals surface area (Å²) in [6.07, 6.45) is 14.4. The minimum Gasteiger partial charge on any atom is -1.00 e. The van der Waals surface area contributed by atoms with Crippen LogP contribution in [0.15, 0.2) is 24.3 Å². The molecule has 290 valence electrons. The van der Waals surface area contributed by atoms with E-state index in [4.69, 9.17) is 16.3 Å². The Labute approximate surface area is 338 Å². The van der Waals surface area contributed by atoms with Gasteiger partial charge in [-0.15, -0.1) is 0 Å². The maximum Gasteiger partial charge on any atom is 2.00 e. The standard InChI is InChI=1S/C15H22O3.C11H18O2.C10H14O2.C4H5ClO.CH3.ClH.Mg/c1-9(2)13(16)18-15-6-10-4-11(7-15)14(3,17)12(5-10)8-15;1-10(12)8-2-7-3-9(10)6-11(13,4-7)5-8;11-9-7-1-6-2-8(9)5-10(12,3-6)4-7;1-3(2)4(5)6;;;/h10-12,17H,1,4-8H2,2-3H3;7-9,12-13H,2-6H2,1H3;6-8,12H,1-5H2;1H2,2H3;1H3;1H;/q;;;;-1;;+2/p-1. The Hall–Kier alpha value is -0.524. The molecule has 0 saturated heterocycles. The Bertz CT molecular complexity index is 1330. The van der Waals surface area contributed by atoms with E-state index in [0.717, 1.165) is 96.3 Å². The Balaban J connectivity index is 0.000000193. The third-order valence-electron chi connectivity index (χ3n) is 14.6. The first-order valence-electron chi connectivity index (χ1n) is 18.8. The van der Waals surface area contributed by atoms with E-state index in [1.165, 1.54) is 0 Å². The van der Waals surface area contributed by atoms with Gasteiger partial charge in [0.05, 0.1) is 22.4 Å². The van der Waals surface area contributed by atoms with Crippen LogP contribution in [-0.2, 0) is 19.1 Å². The van der Waals surface area contributed by atoms with Crippen molar-refractivity contribution in [3.63, 3.8) is 0 Å². The number of aliphatic hydroxyl groups is 4. The molecule has 0 aromatic heterocycles. The summed E-state index contributed by atoms with van der Waals surface area (Å²) in [4.78, 5) is 33.2. The van der Waals surface area contributed by atoms with Gasteiger partial charge in [0.2, 0.25) is 5.24 Å². The molecule has 0 aromatic rings. The summed E-state index contributed by atoms with van der Waals surface area (Å²) in [5, 5.41) is 40.7. The van der Waals surface area contributed by atoms with Gasteiger partial charge in [0, 0.05) is 23.0 Å². The number of carbonyl (C=O) groups is 3. The summed E-state index contributed by atoms with van der Waals surface area (Å²) in [5.41, 5.74) is -1.34. The van der Waals surface area contributed by atoms with Crippen LogP contribution in [0.3, 0.4) is 0 Å². The van der Waals surface area contributed by atoms with Crippen molar-refractivity contribution in [1.82, 2.24) is 0 Å². The fourth-order valence-corrected chi connectivity index (χ4v) is 12.4. The van der Waals surface area contributed by atoms with Crippen molar-refractivity contribution >= 4 is 51.6 Å². The van der Waals surface area contributed by atoms with Gasteiger partial charge in [0.15, 0.2) is 0 Å². The molecule has 12 saturated carbocycles. The van der Waals surface area contributed by atoms with Crippen molar-refractivity contribution < 1.29 is 52.0 Å².